The Balaban J connectivity index is 1.96. The Morgan fingerprint density at radius 3 is 2.20 bits per heavy atom. The second kappa shape index (κ2) is 7.26. The molecule has 0 saturated carbocycles. The third kappa shape index (κ3) is 3.91. The first-order valence-corrected chi connectivity index (χ1v) is 7.92. The largest absolute Gasteiger partial charge is 0.341 e. The van der Waals surface area contributed by atoms with E-state index in [1.807, 2.05) is 61.5 Å². The Bertz CT molecular complexity index is 876. The van der Waals surface area contributed by atoms with Gasteiger partial charge in [0, 0.05) is 0 Å². The van der Waals surface area contributed by atoms with E-state index in [1.165, 1.54) is 0 Å². The fourth-order valence-corrected chi connectivity index (χ4v) is 2.64. The molecular weight excluding hydrogens is 320 g/mol. The minimum Gasteiger partial charge on any atom is -0.341 e. The van der Waals surface area contributed by atoms with Gasteiger partial charge in [0.05, 0.1) is 11.6 Å². The van der Waals surface area contributed by atoms with E-state index < -0.39 is 23.6 Å². The van der Waals surface area contributed by atoms with Gasteiger partial charge in [-0.05, 0) is 36.2 Å². The highest BCUT2D eigenvalue weighted by molar-refractivity contribution is 5.95. The third-order valence-corrected chi connectivity index (χ3v) is 3.99. The van der Waals surface area contributed by atoms with Gasteiger partial charge < -0.3 is 5.32 Å². The number of carbonyl (C=O) groups is 1. The monoisotopic (exact) mass is 337 g/mol. The minimum atomic E-state index is -0.755. The topological polar surface area (TPSA) is 29.1 Å². The van der Waals surface area contributed by atoms with Crippen LogP contribution in [0.25, 0.3) is 0 Å². The van der Waals surface area contributed by atoms with Crippen molar-refractivity contribution in [1.82, 2.24) is 5.32 Å². The maximum absolute atomic E-state index is 13.9. The fourth-order valence-electron chi connectivity index (χ4n) is 2.64. The summed E-state index contributed by atoms with van der Waals surface area (Å²) in [5, 5.41) is 2.81. The molecule has 0 aliphatic rings. The van der Waals surface area contributed by atoms with Crippen molar-refractivity contribution in [1.29, 1.82) is 0 Å². The zero-order chi connectivity index (χ0) is 17.8. The number of amides is 1. The van der Waals surface area contributed by atoms with E-state index in [4.69, 9.17) is 0 Å². The van der Waals surface area contributed by atoms with Gasteiger partial charge in [0.1, 0.15) is 11.6 Å². The lowest BCUT2D eigenvalue weighted by Gasteiger charge is -2.20. The van der Waals surface area contributed by atoms with E-state index in [0.717, 1.165) is 34.9 Å². The summed E-state index contributed by atoms with van der Waals surface area (Å²) in [6.45, 7) is 1.97. The number of hydrogen-bond acceptors (Lipinski definition) is 1. The maximum atomic E-state index is 13.9. The molecule has 3 rings (SSSR count). The van der Waals surface area contributed by atoms with Crippen molar-refractivity contribution in [2.75, 3.05) is 0 Å². The van der Waals surface area contributed by atoms with Gasteiger partial charge in [0.25, 0.3) is 5.91 Å². The molecular formula is C21H17F2NO. The Kier molecular flexibility index (Phi) is 4.89. The van der Waals surface area contributed by atoms with Crippen LogP contribution in [0.5, 0.6) is 0 Å². The van der Waals surface area contributed by atoms with Gasteiger partial charge in [-0.15, -0.1) is 0 Å². The Morgan fingerprint density at radius 1 is 0.880 bits per heavy atom. The second-order valence-electron chi connectivity index (χ2n) is 5.85. The van der Waals surface area contributed by atoms with Gasteiger partial charge in [-0.1, -0.05) is 60.2 Å². The number of halogens is 2. The van der Waals surface area contributed by atoms with Crippen LogP contribution in [0.2, 0.25) is 0 Å². The predicted molar refractivity (Wildman–Crippen MR) is 93.3 cm³/mol. The van der Waals surface area contributed by atoms with Crippen LogP contribution >= 0.6 is 0 Å². The van der Waals surface area contributed by atoms with Crippen LogP contribution in [-0.2, 0) is 0 Å². The van der Waals surface area contributed by atoms with Crippen LogP contribution in [0.4, 0.5) is 8.78 Å². The summed E-state index contributed by atoms with van der Waals surface area (Å²) < 4.78 is 27.3. The van der Waals surface area contributed by atoms with Crippen molar-refractivity contribution in [2.24, 2.45) is 0 Å². The van der Waals surface area contributed by atoms with E-state index in [2.05, 4.69) is 5.32 Å². The molecule has 0 aliphatic heterocycles. The molecule has 1 N–H and O–H groups in total. The zero-order valence-electron chi connectivity index (χ0n) is 13.7. The molecule has 0 heterocycles. The number of benzene rings is 3. The highest BCUT2D eigenvalue weighted by Crippen LogP contribution is 2.23. The second-order valence-corrected chi connectivity index (χ2v) is 5.85. The number of rotatable bonds is 4. The molecule has 0 fully saturated rings. The molecule has 1 amide bonds. The lowest BCUT2D eigenvalue weighted by molar-refractivity contribution is 0.0938. The van der Waals surface area contributed by atoms with Gasteiger partial charge in [-0.25, -0.2) is 8.78 Å². The molecule has 0 saturated heterocycles. The predicted octanol–water partition coefficient (Wildman–Crippen LogP) is 4.79. The fraction of sp³-hybridized carbons (Fsp3) is 0.0952. The van der Waals surface area contributed by atoms with Crippen LogP contribution in [0.1, 0.15) is 33.1 Å². The molecule has 25 heavy (non-hydrogen) atoms. The number of hydrogen-bond donors (Lipinski definition) is 1. The highest BCUT2D eigenvalue weighted by Gasteiger charge is 2.20. The van der Waals surface area contributed by atoms with Crippen LogP contribution in [-0.4, -0.2) is 5.91 Å². The first-order valence-electron chi connectivity index (χ1n) is 7.92. The van der Waals surface area contributed by atoms with Gasteiger partial charge in [0.15, 0.2) is 0 Å². The summed E-state index contributed by atoms with van der Waals surface area (Å²) in [6.07, 6.45) is 0. The van der Waals surface area contributed by atoms with Crippen LogP contribution in [0.3, 0.4) is 0 Å². The zero-order valence-corrected chi connectivity index (χ0v) is 13.7. The summed E-state index contributed by atoms with van der Waals surface area (Å²) >= 11 is 0. The van der Waals surface area contributed by atoms with Crippen LogP contribution < -0.4 is 5.32 Å². The van der Waals surface area contributed by atoms with E-state index in [0.29, 0.717) is 0 Å². The number of carbonyl (C=O) groups excluding carboxylic acids is 1. The van der Waals surface area contributed by atoms with E-state index in [9.17, 15) is 13.6 Å². The lowest BCUT2D eigenvalue weighted by atomic mass is 9.97. The number of aryl methyl sites for hydroxylation is 1. The molecule has 0 spiro atoms. The van der Waals surface area contributed by atoms with Gasteiger partial charge in [0.2, 0.25) is 0 Å². The van der Waals surface area contributed by atoms with Gasteiger partial charge in [-0.3, -0.25) is 4.79 Å². The maximum Gasteiger partial charge on any atom is 0.255 e. The number of nitrogens with one attached hydrogen (secondary N) is 1. The van der Waals surface area contributed by atoms with Crippen LogP contribution in [0.15, 0.2) is 72.8 Å². The van der Waals surface area contributed by atoms with Crippen molar-refractivity contribution in [3.63, 3.8) is 0 Å². The Morgan fingerprint density at radius 2 is 1.52 bits per heavy atom. The molecule has 126 valence electrons. The first-order chi connectivity index (χ1) is 12.0. The highest BCUT2D eigenvalue weighted by atomic mass is 19.1. The first kappa shape index (κ1) is 16.8. The Labute approximate surface area is 145 Å². The summed E-state index contributed by atoms with van der Waals surface area (Å²) in [6, 6.07) is 19.5. The molecule has 0 radical (unpaired) electrons. The molecule has 4 heteroatoms. The van der Waals surface area contributed by atoms with Crippen molar-refractivity contribution in [3.8, 4) is 0 Å². The van der Waals surface area contributed by atoms with E-state index in [1.54, 1.807) is 0 Å². The van der Waals surface area contributed by atoms with Gasteiger partial charge >= 0.3 is 0 Å². The van der Waals surface area contributed by atoms with Crippen LogP contribution in [0, 0.1) is 18.6 Å². The van der Waals surface area contributed by atoms with E-state index in [-0.39, 0.29) is 5.56 Å². The normalized spacial score (nSPS) is 11.8. The smallest absolute Gasteiger partial charge is 0.255 e. The Hall–Kier alpha value is -3.01. The molecule has 2 nitrogen and oxygen atoms in total. The molecule has 1 unspecified atom stereocenters. The van der Waals surface area contributed by atoms with Gasteiger partial charge in [-0.2, -0.15) is 0 Å². The summed E-state index contributed by atoms with van der Waals surface area (Å²) in [7, 11) is 0. The summed E-state index contributed by atoms with van der Waals surface area (Å²) in [5.74, 6) is -2.07. The molecule has 0 bridgehead atoms. The quantitative estimate of drug-likeness (QED) is 0.728. The average Bonchev–Trinajstić information content (AvgIpc) is 2.63. The van der Waals surface area contributed by atoms with Crippen molar-refractivity contribution < 1.29 is 13.6 Å². The summed E-state index contributed by atoms with van der Waals surface area (Å²) in [5.41, 5.74) is 2.50. The lowest BCUT2D eigenvalue weighted by Crippen LogP contribution is -2.30. The summed E-state index contributed by atoms with van der Waals surface area (Å²) in [4.78, 5) is 12.5. The van der Waals surface area contributed by atoms with E-state index >= 15 is 0 Å². The van der Waals surface area contributed by atoms with Crippen molar-refractivity contribution >= 4 is 5.91 Å². The average molecular weight is 337 g/mol. The molecule has 0 aliphatic carbocycles. The molecule has 3 aromatic rings. The minimum absolute atomic E-state index is 0.312. The molecule has 3 aromatic carbocycles. The third-order valence-electron chi connectivity index (χ3n) is 3.99. The van der Waals surface area contributed by atoms with Crippen molar-refractivity contribution in [3.05, 3.63) is 107 Å². The molecule has 0 aromatic heterocycles. The molecule has 1 atom stereocenters. The standard InChI is InChI=1S/C21H17F2NO/c1-14-7-9-16(10-8-14)20(15-5-3-2-4-6-15)24-21(25)18-13-17(22)11-12-19(18)23/h2-13,20H,1H3,(H,24,25). The van der Waals surface area contributed by atoms with Crippen molar-refractivity contribution in [2.45, 2.75) is 13.0 Å². The SMILES string of the molecule is Cc1ccc(C(NC(=O)c2cc(F)ccc2F)c2ccccc2)cc1.